The summed E-state index contributed by atoms with van der Waals surface area (Å²) in [6.45, 7) is 0.602. The predicted octanol–water partition coefficient (Wildman–Crippen LogP) is 2.24. The molecule has 1 aliphatic rings. The lowest BCUT2D eigenvalue weighted by atomic mass is 10.1. The van der Waals surface area contributed by atoms with Crippen LogP contribution in [-0.2, 0) is 4.79 Å². The van der Waals surface area contributed by atoms with Gasteiger partial charge in [-0.15, -0.1) is 5.10 Å². The summed E-state index contributed by atoms with van der Waals surface area (Å²) in [4.78, 5) is 18.5. The fraction of sp³-hybridized carbons (Fsp3) is 0.348. The zero-order valence-electron chi connectivity index (χ0n) is 17.4. The zero-order chi connectivity index (χ0) is 20.9. The van der Waals surface area contributed by atoms with Crippen molar-refractivity contribution in [2.24, 2.45) is 0 Å². The standard InChI is InChI=1S/C23H27N5OS/c1-27(2)20(17-9-5-3-6-10-17)15-24-21(29)16-30-23-25-22(18-13-14-18)28(26-23)19-11-7-4-8-12-19/h3-12,18,20H,13-16H2,1-2H3,(H,24,29)/p+1/t20-/m1/s1. The minimum Gasteiger partial charge on any atom is -0.349 e. The molecule has 0 spiro atoms. The van der Waals surface area contributed by atoms with E-state index >= 15 is 0 Å². The molecule has 3 aromatic rings. The van der Waals surface area contributed by atoms with Crippen molar-refractivity contribution >= 4 is 17.7 Å². The van der Waals surface area contributed by atoms with Crippen LogP contribution in [0.2, 0.25) is 0 Å². The number of amides is 1. The van der Waals surface area contributed by atoms with Crippen LogP contribution in [0, 0.1) is 0 Å². The first kappa shape index (κ1) is 20.6. The lowest BCUT2D eigenvalue weighted by molar-refractivity contribution is -0.890. The van der Waals surface area contributed by atoms with E-state index in [0.717, 1.165) is 24.4 Å². The van der Waals surface area contributed by atoms with Crippen molar-refractivity contribution in [3.8, 4) is 5.69 Å². The van der Waals surface area contributed by atoms with Gasteiger partial charge in [0.25, 0.3) is 0 Å². The first-order valence-corrected chi connectivity index (χ1v) is 11.4. The molecule has 0 aliphatic heterocycles. The van der Waals surface area contributed by atoms with Crippen molar-refractivity contribution in [1.82, 2.24) is 20.1 Å². The second kappa shape index (κ2) is 9.45. The number of benzene rings is 2. The Morgan fingerprint density at radius 1 is 1.13 bits per heavy atom. The molecule has 1 saturated carbocycles. The quantitative estimate of drug-likeness (QED) is 0.519. The molecule has 2 N–H and O–H groups in total. The van der Waals surface area contributed by atoms with Gasteiger partial charge in [0.2, 0.25) is 11.1 Å². The number of likely N-dealkylation sites (N-methyl/N-ethyl adjacent to an activating group) is 1. The SMILES string of the molecule is C[NH+](C)[C@H](CNC(=O)CSc1nc(C2CC2)n(-c2ccccc2)n1)c1ccccc1. The van der Waals surface area contributed by atoms with Gasteiger partial charge in [-0.2, -0.15) is 0 Å². The summed E-state index contributed by atoms with van der Waals surface area (Å²) in [5.41, 5.74) is 2.24. The van der Waals surface area contributed by atoms with Gasteiger partial charge in [0, 0.05) is 11.5 Å². The van der Waals surface area contributed by atoms with Gasteiger partial charge >= 0.3 is 0 Å². The van der Waals surface area contributed by atoms with Gasteiger partial charge in [0.05, 0.1) is 32.1 Å². The fourth-order valence-electron chi connectivity index (χ4n) is 3.47. The van der Waals surface area contributed by atoms with Crippen LogP contribution in [-0.4, -0.2) is 47.1 Å². The molecule has 7 heteroatoms. The van der Waals surface area contributed by atoms with Crippen LogP contribution in [0.3, 0.4) is 0 Å². The number of carbonyl (C=O) groups excluding carboxylic acids is 1. The van der Waals surface area contributed by atoms with E-state index in [4.69, 9.17) is 4.98 Å². The van der Waals surface area contributed by atoms with Crippen molar-refractivity contribution in [3.05, 3.63) is 72.1 Å². The Bertz CT molecular complexity index is 970. The number of aromatic nitrogens is 3. The van der Waals surface area contributed by atoms with Crippen molar-refractivity contribution in [2.45, 2.75) is 30.0 Å². The Morgan fingerprint density at radius 3 is 2.43 bits per heavy atom. The molecule has 6 nitrogen and oxygen atoms in total. The largest absolute Gasteiger partial charge is 0.349 e. The van der Waals surface area contributed by atoms with Crippen LogP contribution in [0.25, 0.3) is 5.69 Å². The van der Waals surface area contributed by atoms with E-state index in [1.807, 2.05) is 53.2 Å². The summed E-state index contributed by atoms with van der Waals surface area (Å²) in [7, 11) is 4.22. The minimum absolute atomic E-state index is 0.00575. The van der Waals surface area contributed by atoms with Crippen molar-refractivity contribution in [3.63, 3.8) is 0 Å². The minimum atomic E-state index is 0.00575. The molecule has 1 atom stereocenters. The molecular formula is C23H28N5OS+. The molecule has 0 saturated heterocycles. The summed E-state index contributed by atoms with van der Waals surface area (Å²) in [5, 5.41) is 8.41. The van der Waals surface area contributed by atoms with E-state index in [0.29, 0.717) is 23.4 Å². The molecule has 0 radical (unpaired) electrons. The molecule has 1 heterocycles. The third-order valence-corrected chi connectivity index (χ3v) is 6.13. The number of thioether (sulfide) groups is 1. The zero-order valence-corrected chi connectivity index (χ0v) is 18.2. The maximum Gasteiger partial charge on any atom is 0.230 e. The number of quaternary nitrogens is 1. The first-order chi connectivity index (χ1) is 14.6. The molecule has 2 aromatic carbocycles. The topological polar surface area (TPSA) is 64.2 Å². The highest BCUT2D eigenvalue weighted by atomic mass is 32.2. The molecule has 1 fully saturated rings. The molecular weight excluding hydrogens is 394 g/mol. The molecule has 156 valence electrons. The van der Waals surface area contributed by atoms with Gasteiger partial charge in [-0.3, -0.25) is 4.79 Å². The second-order valence-electron chi connectivity index (χ2n) is 7.91. The third kappa shape index (κ3) is 5.09. The number of para-hydroxylation sites is 1. The molecule has 4 rings (SSSR count). The van der Waals surface area contributed by atoms with Gasteiger partial charge < -0.3 is 10.2 Å². The molecule has 0 unspecified atom stereocenters. The smallest absolute Gasteiger partial charge is 0.230 e. The Morgan fingerprint density at radius 2 is 1.80 bits per heavy atom. The van der Waals surface area contributed by atoms with Crippen LogP contribution >= 0.6 is 11.8 Å². The Hall–Kier alpha value is -2.64. The highest BCUT2D eigenvalue weighted by Crippen LogP contribution is 2.40. The number of rotatable bonds is 9. The van der Waals surface area contributed by atoms with E-state index < -0.39 is 0 Å². The van der Waals surface area contributed by atoms with Gasteiger partial charge in [-0.25, -0.2) is 9.67 Å². The fourth-order valence-corrected chi connectivity index (χ4v) is 4.13. The monoisotopic (exact) mass is 422 g/mol. The van der Waals surface area contributed by atoms with E-state index in [1.54, 1.807) is 0 Å². The van der Waals surface area contributed by atoms with Gasteiger partial charge in [0.1, 0.15) is 11.9 Å². The van der Waals surface area contributed by atoms with Crippen molar-refractivity contribution in [1.29, 1.82) is 0 Å². The molecule has 1 aromatic heterocycles. The van der Waals surface area contributed by atoms with E-state index in [-0.39, 0.29) is 11.9 Å². The Kier molecular flexibility index (Phi) is 6.50. The lowest BCUT2D eigenvalue weighted by Gasteiger charge is -2.22. The lowest BCUT2D eigenvalue weighted by Crippen LogP contribution is -3.07. The van der Waals surface area contributed by atoms with Crippen LogP contribution in [0.15, 0.2) is 65.8 Å². The number of nitrogens with one attached hydrogen (secondary N) is 2. The number of carbonyl (C=O) groups is 1. The van der Waals surface area contributed by atoms with Gasteiger partial charge in [0.15, 0.2) is 0 Å². The summed E-state index contributed by atoms with van der Waals surface area (Å²) in [6, 6.07) is 20.6. The van der Waals surface area contributed by atoms with Crippen LogP contribution < -0.4 is 10.2 Å². The van der Waals surface area contributed by atoms with Crippen LogP contribution in [0.1, 0.15) is 36.2 Å². The maximum absolute atomic E-state index is 12.5. The number of nitrogens with zero attached hydrogens (tertiary/aromatic N) is 3. The predicted molar refractivity (Wildman–Crippen MR) is 119 cm³/mol. The first-order valence-electron chi connectivity index (χ1n) is 10.4. The van der Waals surface area contributed by atoms with Crippen LogP contribution in [0.4, 0.5) is 0 Å². The Labute approximate surface area is 181 Å². The Balaban J connectivity index is 1.36. The van der Waals surface area contributed by atoms with E-state index in [9.17, 15) is 4.79 Å². The maximum atomic E-state index is 12.5. The van der Waals surface area contributed by atoms with Crippen molar-refractivity contribution < 1.29 is 9.69 Å². The summed E-state index contributed by atoms with van der Waals surface area (Å²) in [6.07, 6.45) is 2.31. The second-order valence-corrected chi connectivity index (χ2v) is 8.85. The molecule has 0 bridgehead atoms. The summed E-state index contributed by atoms with van der Waals surface area (Å²) in [5.74, 6) is 1.80. The van der Waals surface area contributed by atoms with Crippen LogP contribution in [0.5, 0.6) is 0 Å². The molecule has 1 aliphatic carbocycles. The van der Waals surface area contributed by atoms with Gasteiger partial charge in [-0.1, -0.05) is 60.3 Å². The van der Waals surface area contributed by atoms with E-state index in [1.165, 1.54) is 22.2 Å². The average Bonchev–Trinajstić information content (AvgIpc) is 3.52. The average molecular weight is 423 g/mol. The third-order valence-electron chi connectivity index (χ3n) is 5.29. The van der Waals surface area contributed by atoms with Gasteiger partial charge in [-0.05, 0) is 25.0 Å². The highest BCUT2D eigenvalue weighted by molar-refractivity contribution is 7.99. The molecule has 30 heavy (non-hydrogen) atoms. The summed E-state index contributed by atoms with van der Waals surface area (Å²) < 4.78 is 1.93. The highest BCUT2D eigenvalue weighted by Gasteiger charge is 2.30. The van der Waals surface area contributed by atoms with Crippen molar-refractivity contribution in [2.75, 3.05) is 26.4 Å². The molecule has 1 amide bonds. The number of hydrogen-bond donors (Lipinski definition) is 2. The summed E-state index contributed by atoms with van der Waals surface area (Å²) >= 11 is 1.40. The number of hydrogen-bond acceptors (Lipinski definition) is 4. The van der Waals surface area contributed by atoms with E-state index in [2.05, 4.69) is 36.6 Å². The normalized spacial score (nSPS) is 14.6.